The average Bonchev–Trinajstić information content (AvgIpc) is 3.20. The maximum Gasteiger partial charge on any atom is 0.254 e. The highest BCUT2D eigenvalue weighted by Crippen LogP contribution is 2.36. The van der Waals surface area contributed by atoms with E-state index in [1.54, 1.807) is 18.1 Å². The van der Waals surface area contributed by atoms with Gasteiger partial charge in [-0.2, -0.15) is 4.98 Å². The van der Waals surface area contributed by atoms with Crippen LogP contribution in [0.15, 0.2) is 41.6 Å². The highest BCUT2D eigenvalue weighted by molar-refractivity contribution is 5.95. The summed E-state index contributed by atoms with van der Waals surface area (Å²) in [6.07, 6.45) is 0.774. The fourth-order valence-electron chi connectivity index (χ4n) is 4.05. The van der Waals surface area contributed by atoms with Gasteiger partial charge in [-0.1, -0.05) is 18.2 Å². The number of halogens is 2. The Morgan fingerprint density at radius 1 is 1.32 bits per heavy atom. The van der Waals surface area contributed by atoms with Crippen molar-refractivity contribution < 1.29 is 18.3 Å². The number of hydrogen-bond donors (Lipinski definition) is 3. The number of fused-ring (bicyclic) bond motifs is 1. The predicted octanol–water partition coefficient (Wildman–Crippen LogP) is 1.18. The standard InChI is InChI=1S/C20H23F2N7O2/c1-31-15-6-2-5-12-17(15)25-20(23)26-19(12)29-7-3-4-11-9-28(10-14(11)29)13(18(21)22)8-16(30)27-24/h2-6,13,18H,7-10,24H2,1H3,(H,27,30)(H2,23,25,26). The number of aromatic nitrogens is 2. The van der Waals surface area contributed by atoms with Crippen molar-refractivity contribution in [3.8, 4) is 5.75 Å². The Labute approximate surface area is 177 Å². The van der Waals surface area contributed by atoms with Gasteiger partial charge in [0.2, 0.25) is 11.9 Å². The number of hydrazine groups is 1. The molecule has 5 N–H and O–H groups in total. The first-order chi connectivity index (χ1) is 14.9. The van der Waals surface area contributed by atoms with E-state index in [0.29, 0.717) is 23.6 Å². The van der Waals surface area contributed by atoms with Crippen LogP contribution in [0.3, 0.4) is 0 Å². The number of amides is 1. The third-order valence-corrected chi connectivity index (χ3v) is 5.51. The number of para-hydroxylation sites is 1. The Bertz CT molecular complexity index is 1070. The van der Waals surface area contributed by atoms with E-state index >= 15 is 0 Å². The molecular weight excluding hydrogens is 408 g/mol. The average molecular weight is 431 g/mol. The van der Waals surface area contributed by atoms with Gasteiger partial charge in [-0.25, -0.2) is 19.6 Å². The lowest BCUT2D eigenvalue weighted by Gasteiger charge is -2.30. The molecule has 0 radical (unpaired) electrons. The van der Waals surface area contributed by atoms with Gasteiger partial charge in [0, 0.05) is 37.1 Å². The molecule has 0 bridgehead atoms. The van der Waals surface area contributed by atoms with Crippen LogP contribution in [0.5, 0.6) is 5.75 Å². The van der Waals surface area contributed by atoms with E-state index in [4.69, 9.17) is 16.3 Å². The Morgan fingerprint density at radius 2 is 2.13 bits per heavy atom. The van der Waals surface area contributed by atoms with Crippen LogP contribution in [-0.4, -0.2) is 60.0 Å². The molecular formula is C20H23F2N7O2. The fraction of sp³-hybridized carbons (Fsp3) is 0.350. The zero-order valence-electron chi connectivity index (χ0n) is 16.9. The molecule has 11 heteroatoms. The van der Waals surface area contributed by atoms with Crippen molar-refractivity contribution in [3.63, 3.8) is 0 Å². The van der Waals surface area contributed by atoms with Crippen molar-refractivity contribution in [1.82, 2.24) is 20.3 Å². The van der Waals surface area contributed by atoms with Gasteiger partial charge in [-0.05, 0) is 17.7 Å². The van der Waals surface area contributed by atoms with Crippen LogP contribution in [0.1, 0.15) is 6.42 Å². The number of alkyl halides is 2. The fourth-order valence-corrected chi connectivity index (χ4v) is 4.05. The predicted molar refractivity (Wildman–Crippen MR) is 112 cm³/mol. The van der Waals surface area contributed by atoms with Crippen molar-refractivity contribution in [2.75, 3.05) is 37.4 Å². The normalized spacial score (nSPS) is 17.4. The third-order valence-electron chi connectivity index (χ3n) is 5.51. The van der Waals surface area contributed by atoms with E-state index in [-0.39, 0.29) is 25.5 Å². The van der Waals surface area contributed by atoms with Gasteiger partial charge in [0.05, 0.1) is 13.2 Å². The van der Waals surface area contributed by atoms with E-state index in [9.17, 15) is 13.6 Å². The molecule has 9 nitrogen and oxygen atoms in total. The van der Waals surface area contributed by atoms with Crippen LogP contribution in [0.4, 0.5) is 20.5 Å². The van der Waals surface area contributed by atoms with E-state index < -0.39 is 18.4 Å². The number of ether oxygens (including phenoxy) is 1. The van der Waals surface area contributed by atoms with Crippen molar-refractivity contribution in [3.05, 3.63) is 41.6 Å². The Hall–Kier alpha value is -3.31. The number of anilines is 2. The number of carbonyl (C=O) groups is 1. The number of methoxy groups -OCH3 is 1. The number of hydrogen-bond acceptors (Lipinski definition) is 8. The first kappa shape index (κ1) is 20.9. The second-order valence-corrected chi connectivity index (χ2v) is 7.33. The molecule has 0 saturated carbocycles. The Balaban J connectivity index is 1.70. The smallest absolute Gasteiger partial charge is 0.254 e. The number of nitrogens with zero attached hydrogens (tertiary/aromatic N) is 4. The molecule has 2 aromatic rings. The summed E-state index contributed by atoms with van der Waals surface area (Å²) in [6.45, 7) is 1.02. The van der Waals surface area contributed by atoms with Crippen LogP contribution in [0, 0.1) is 0 Å². The quantitative estimate of drug-likeness (QED) is 0.354. The first-order valence-electron chi connectivity index (χ1n) is 9.71. The molecule has 31 heavy (non-hydrogen) atoms. The van der Waals surface area contributed by atoms with Crippen LogP contribution >= 0.6 is 0 Å². The number of benzene rings is 1. The summed E-state index contributed by atoms with van der Waals surface area (Å²) < 4.78 is 32.9. The molecule has 3 heterocycles. The lowest BCUT2D eigenvalue weighted by molar-refractivity contribution is -0.124. The summed E-state index contributed by atoms with van der Waals surface area (Å²) >= 11 is 0. The zero-order valence-corrected chi connectivity index (χ0v) is 16.9. The van der Waals surface area contributed by atoms with Crippen molar-refractivity contribution in [1.29, 1.82) is 0 Å². The molecule has 0 fully saturated rings. The molecule has 4 rings (SSSR count). The number of nitrogen functional groups attached to an aromatic ring is 1. The maximum absolute atomic E-state index is 13.7. The largest absolute Gasteiger partial charge is 0.494 e. The van der Waals surface area contributed by atoms with Gasteiger partial charge in [0.1, 0.15) is 17.1 Å². The summed E-state index contributed by atoms with van der Waals surface area (Å²) in [6, 6.07) is 4.23. The summed E-state index contributed by atoms with van der Waals surface area (Å²) in [5, 5.41) is 0.738. The molecule has 1 aromatic carbocycles. The number of rotatable bonds is 6. The van der Waals surface area contributed by atoms with Crippen molar-refractivity contribution >= 4 is 28.6 Å². The second-order valence-electron chi connectivity index (χ2n) is 7.33. The molecule has 2 aliphatic heterocycles. The minimum absolute atomic E-state index is 0.0867. The number of nitrogens with two attached hydrogens (primary N) is 2. The molecule has 1 atom stereocenters. The monoisotopic (exact) mass is 431 g/mol. The van der Waals surface area contributed by atoms with Gasteiger partial charge in [0.25, 0.3) is 6.43 Å². The molecule has 0 saturated heterocycles. The number of nitrogens with one attached hydrogen (secondary N) is 1. The Kier molecular flexibility index (Phi) is 5.70. The van der Waals surface area contributed by atoms with E-state index in [0.717, 1.165) is 16.7 Å². The van der Waals surface area contributed by atoms with Crippen molar-refractivity contribution in [2.24, 2.45) is 5.84 Å². The SMILES string of the molecule is COc1cccc2c(N3CC=CC4=C3CN(C(CC(=O)NN)C(F)F)C4)nc(N)nc12. The first-order valence-corrected chi connectivity index (χ1v) is 9.71. The molecule has 0 spiro atoms. The highest BCUT2D eigenvalue weighted by atomic mass is 19.3. The Morgan fingerprint density at radius 3 is 2.84 bits per heavy atom. The topological polar surface area (TPSA) is 123 Å². The summed E-state index contributed by atoms with van der Waals surface area (Å²) in [7, 11) is 1.55. The van der Waals surface area contributed by atoms with Gasteiger partial charge >= 0.3 is 0 Å². The molecule has 0 aliphatic carbocycles. The van der Waals surface area contributed by atoms with E-state index in [1.165, 1.54) is 0 Å². The summed E-state index contributed by atoms with van der Waals surface area (Å²) in [5.41, 5.74) is 10.2. The van der Waals surface area contributed by atoms with Gasteiger partial charge in [-0.3, -0.25) is 15.1 Å². The van der Waals surface area contributed by atoms with Gasteiger partial charge in [-0.15, -0.1) is 0 Å². The van der Waals surface area contributed by atoms with Crippen LogP contribution in [-0.2, 0) is 4.79 Å². The number of carbonyl (C=O) groups excluding carboxylic acids is 1. The van der Waals surface area contributed by atoms with Crippen LogP contribution in [0.2, 0.25) is 0 Å². The highest BCUT2D eigenvalue weighted by Gasteiger charge is 2.37. The van der Waals surface area contributed by atoms with Gasteiger partial charge < -0.3 is 15.4 Å². The van der Waals surface area contributed by atoms with Gasteiger partial charge in [0.15, 0.2) is 0 Å². The molecule has 1 unspecified atom stereocenters. The lowest BCUT2D eigenvalue weighted by atomic mass is 10.1. The lowest BCUT2D eigenvalue weighted by Crippen LogP contribution is -2.44. The van der Waals surface area contributed by atoms with E-state index in [1.807, 2.05) is 34.6 Å². The van der Waals surface area contributed by atoms with Crippen molar-refractivity contribution in [2.45, 2.75) is 18.9 Å². The minimum Gasteiger partial charge on any atom is -0.494 e. The van der Waals surface area contributed by atoms with E-state index in [2.05, 4.69) is 9.97 Å². The maximum atomic E-state index is 13.7. The summed E-state index contributed by atoms with van der Waals surface area (Å²) in [5.74, 6) is 5.69. The second kappa shape index (κ2) is 8.44. The van der Waals surface area contributed by atoms with Crippen LogP contribution in [0.25, 0.3) is 10.9 Å². The molecule has 1 aromatic heterocycles. The zero-order chi connectivity index (χ0) is 22.1. The third kappa shape index (κ3) is 3.89. The van der Waals surface area contributed by atoms with Crippen LogP contribution < -0.4 is 26.6 Å². The molecule has 164 valence electrons. The molecule has 2 aliphatic rings. The minimum atomic E-state index is -2.70. The summed E-state index contributed by atoms with van der Waals surface area (Å²) in [4.78, 5) is 23.9. The molecule has 1 amide bonds.